The Hall–Kier alpha value is -2.64. The Morgan fingerprint density at radius 3 is 2.38 bits per heavy atom. The molecule has 0 spiro atoms. The minimum absolute atomic E-state index is 0.106. The molecule has 0 atom stereocenters. The van der Waals surface area contributed by atoms with Gasteiger partial charge in [0.25, 0.3) is 0 Å². The molecule has 0 aliphatic carbocycles. The molecular formula is C13H9F3N4O. The maximum atomic E-state index is 12.4. The number of alkyl halides is 3. The Morgan fingerprint density at radius 2 is 1.86 bits per heavy atom. The Kier molecular flexibility index (Phi) is 3.00. The Balaban J connectivity index is 1.89. The Bertz CT molecular complexity index is 758. The average Bonchev–Trinajstić information content (AvgIpc) is 3.07. The van der Waals surface area contributed by atoms with E-state index in [0.717, 1.165) is 11.3 Å². The molecule has 0 saturated carbocycles. The zero-order valence-electron chi connectivity index (χ0n) is 10.8. The first-order valence-electron chi connectivity index (χ1n) is 5.96. The van der Waals surface area contributed by atoms with E-state index in [2.05, 4.69) is 19.8 Å². The van der Waals surface area contributed by atoms with Crippen LogP contribution in [-0.2, 0) is 6.18 Å². The third kappa shape index (κ3) is 2.64. The van der Waals surface area contributed by atoms with Crippen LogP contribution in [0.25, 0.3) is 17.1 Å². The first kappa shape index (κ1) is 13.3. The first-order valence-corrected chi connectivity index (χ1v) is 5.96. The average molecular weight is 294 g/mol. The van der Waals surface area contributed by atoms with Crippen molar-refractivity contribution in [3.8, 4) is 17.1 Å². The van der Waals surface area contributed by atoms with Crippen LogP contribution in [0, 0.1) is 6.92 Å². The molecule has 0 bridgehead atoms. The van der Waals surface area contributed by atoms with E-state index >= 15 is 0 Å². The maximum Gasteiger partial charge on any atom is 0.471 e. The van der Waals surface area contributed by atoms with E-state index in [-0.39, 0.29) is 5.82 Å². The van der Waals surface area contributed by atoms with Gasteiger partial charge in [0.05, 0.1) is 11.9 Å². The summed E-state index contributed by atoms with van der Waals surface area (Å²) in [6.45, 7) is 1.91. The van der Waals surface area contributed by atoms with Crippen LogP contribution in [-0.4, -0.2) is 19.9 Å². The zero-order chi connectivity index (χ0) is 15.0. The minimum atomic E-state index is -4.64. The lowest BCUT2D eigenvalue weighted by Crippen LogP contribution is -2.04. The molecule has 0 N–H and O–H groups in total. The molecule has 21 heavy (non-hydrogen) atoms. The van der Waals surface area contributed by atoms with Crippen molar-refractivity contribution in [2.45, 2.75) is 13.1 Å². The minimum Gasteiger partial charge on any atom is -0.329 e. The molecule has 3 rings (SSSR count). The normalized spacial score (nSPS) is 11.8. The van der Waals surface area contributed by atoms with E-state index in [0.29, 0.717) is 5.56 Å². The van der Waals surface area contributed by atoms with Crippen molar-refractivity contribution in [3.63, 3.8) is 0 Å². The van der Waals surface area contributed by atoms with Gasteiger partial charge in [-0.3, -0.25) is 0 Å². The second-order valence-corrected chi connectivity index (χ2v) is 4.43. The van der Waals surface area contributed by atoms with Crippen LogP contribution in [0.2, 0.25) is 0 Å². The highest BCUT2D eigenvalue weighted by molar-refractivity contribution is 5.56. The molecule has 0 fully saturated rings. The predicted molar refractivity (Wildman–Crippen MR) is 66.6 cm³/mol. The van der Waals surface area contributed by atoms with E-state index in [9.17, 15) is 13.2 Å². The summed E-state index contributed by atoms with van der Waals surface area (Å²) >= 11 is 0. The molecule has 5 nitrogen and oxygen atoms in total. The Morgan fingerprint density at radius 1 is 1.14 bits per heavy atom. The summed E-state index contributed by atoms with van der Waals surface area (Å²) in [5.41, 5.74) is 2.22. The van der Waals surface area contributed by atoms with Crippen LogP contribution in [0.15, 0.2) is 41.2 Å². The SMILES string of the molecule is Cc1cnn(-c2ccc(-c3noc(C(F)(F)F)n3)cc2)c1. The molecule has 108 valence electrons. The van der Waals surface area contributed by atoms with Crippen LogP contribution >= 0.6 is 0 Å². The number of aromatic nitrogens is 4. The summed E-state index contributed by atoms with van der Waals surface area (Å²) in [5.74, 6) is -1.46. The number of rotatable bonds is 2. The van der Waals surface area contributed by atoms with Gasteiger partial charge in [-0.25, -0.2) is 4.68 Å². The number of hydrogen-bond donors (Lipinski definition) is 0. The van der Waals surface area contributed by atoms with Gasteiger partial charge in [-0.15, -0.1) is 0 Å². The molecular weight excluding hydrogens is 285 g/mol. The van der Waals surface area contributed by atoms with E-state index in [4.69, 9.17) is 0 Å². The van der Waals surface area contributed by atoms with Gasteiger partial charge in [-0.05, 0) is 36.8 Å². The largest absolute Gasteiger partial charge is 0.471 e. The topological polar surface area (TPSA) is 56.7 Å². The van der Waals surface area contributed by atoms with Gasteiger partial charge in [0.1, 0.15) is 0 Å². The zero-order valence-corrected chi connectivity index (χ0v) is 10.8. The van der Waals surface area contributed by atoms with E-state index in [1.54, 1.807) is 35.1 Å². The lowest BCUT2D eigenvalue weighted by molar-refractivity contribution is -0.159. The van der Waals surface area contributed by atoms with Crippen molar-refractivity contribution in [1.82, 2.24) is 19.9 Å². The number of nitrogens with zero attached hydrogens (tertiary/aromatic N) is 4. The van der Waals surface area contributed by atoms with Crippen molar-refractivity contribution in [2.24, 2.45) is 0 Å². The van der Waals surface area contributed by atoms with Crippen LogP contribution < -0.4 is 0 Å². The van der Waals surface area contributed by atoms with E-state index in [1.807, 2.05) is 13.1 Å². The fourth-order valence-corrected chi connectivity index (χ4v) is 1.77. The van der Waals surface area contributed by atoms with E-state index < -0.39 is 12.1 Å². The molecule has 0 aliphatic heterocycles. The molecule has 1 aromatic carbocycles. The van der Waals surface area contributed by atoms with Gasteiger partial charge in [0.15, 0.2) is 0 Å². The lowest BCUT2D eigenvalue weighted by atomic mass is 10.2. The standard InChI is InChI=1S/C13H9F3N4O/c1-8-6-17-20(7-8)10-4-2-9(3-5-10)11-18-12(21-19-11)13(14,15)16/h2-7H,1H3. The summed E-state index contributed by atoms with van der Waals surface area (Å²) in [6, 6.07) is 6.64. The van der Waals surface area contributed by atoms with Crippen molar-refractivity contribution in [1.29, 1.82) is 0 Å². The number of benzene rings is 1. The maximum absolute atomic E-state index is 12.4. The highest BCUT2D eigenvalue weighted by atomic mass is 19.4. The summed E-state index contributed by atoms with van der Waals surface area (Å²) in [5, 5.41) is 7.47. The van der Waals surface area contributed by atoms with Crippen LogP contribution in [0.4, 0.5) is 13.2 Å². The van der Waals surface area contributed by atoms with Gasteiger partial charge in [-0.2, -0.15) is 23.3 Å². The number of aryl methyl sites for hydroxylation is 1. The van der Waals surface area contributed by atoms with Crippen molar-refractivity contribution < 1.29 is 17.7 Å². The van der Waals surface area contributed by atoms with Crippen molar-refractivity contribution in [3.05, 3.63) is 48.1 Å². The molecule has 0 radical (unpaired) electrons. The summed E-state index contributed by atoms with van der Waals surface area (Å²) in [6.07, 6.45) is -1.09. The fourth-order valence-electron chi connectivity index (χ4n) is 1.77. The predicted octanol–water partition coefficient (Wildman–Crippen LogP) is 3.25. The summed E-state index contributed by atoms with van der Waals surface area (Å²) in [7, 11) is 0. The van der Waals surface area contributed by atoms with Crippen molar-refractivity contribution >= 4 is 0 Å². The fraction of sp³-hybridized carbons (Fsp3) is 0.154. The van der Waals surface area contributed by atoms with Crippen LogP contribution in [0.5, 0.6) is 0 Å². The van der Waals surface area contributed by atoms with Gasteiger partial charge in [0.2, 0.25) is 5.82 Å². The number of halogens is 3. The van der Waals surface area contributed by atoms with Crippen LogP contribution in [0.3, 0.4) is 0 Å². The second-order valence-electron chi connectivity index (χ2n) is 4.43. The molecule has 0 aliphatic rings. The molecule has 0 saturated heterocycles. The summed E-state index contributed by atoms with van der Waals surface area (Å²) in [4.78, 5) is 3.33. The third-order valence-electron chi connectivity index (χ3n) is 2.77. The van der Waals surface area contributed by atoms with E-state index in [1.165, 1.54) is 0 Å². The molecule has 0 amide bonds. The summed E-state index contributed by atoms with van der Waals surface area (Å²) < 4.78 is 43.1. The first-order chi connectivity index (χ1) is 9.93. The molecule has 3 aromatic rings. The van der Waals surface area contributed by atoms with Gasteiger partial charge >= 0.3 is 12.1 Å². The van der Waals surface area contributed by atoms with Crippen molar-refractivity contribution in [2.75, 3.05) is 0 Å². The van der Waals surface area contributed by atoms with Gasteiger partial charge < -0.3 is 4.52 Å². The van der Waals surface area contributed by atoms with Gasteiger partial charge in [-0.1, -0.05) is 5.16 Å². The monoisotopic (exact) mass is 294 g/mol. The highest BCUT2D eigenvalue weighted by Gasteiger charge is 2.38. The second kappa shape index (κ2) is 4.72. The number of hydrogen-bond acceptors (Lipinski definition) is 4. The van der Waals surface area contributed by atoms with Crippen LogP contribution in [0.1, 0.15) is 11.5 Å². The lowest BCUT2D eigenvalue weighted by Gasteiger charge is -2.01. The molecule has 2 heterocycles. The molecule has 8 heteroatoms. The Labute approximate surface area is 117 Å². The quantitative estimate of drug-likeness (QED) is 0.728. The highest BCUT2D eigenvalue weighted by Crippen LogP contribution is 2.29. The third-order valence-corrected chi connectivity index (χ3v) is 2.77. The molecule has 0 unspecified atom stereocenters. The van der Waals surface area contributed by atoms with Gasteiger partial charge in [0, 0.05) is 11.8 Å². The smallest absolute Gasteiger partial charge is 0.329 e. The molecule has 2 aromatic heterocycles.